The topological polar surface area (TPSA) is 124 Å². The van der Waals surface area contributed by atoms with Crippen molar-refractivity contribution < 1.29 is 23.1 Å². The van der Waals surface area contributed by atoms with Gasteiger partial charge in [-0.25, -0.2) is 23.7 Å². The molecule has 0 bridgehead atoms. The van der Waals surface area contributed by atoms with Crippen LogP contribution in [0.3, 0.4) is 0 Å². The number of aromatic nitrogens is 4. The minimum absolute atomic E-state index is 0.0380. The fourth-order valence-electron chi connectivity index (χ4n) is 4.68. The number of thiazole rings is 1. The Labute approximate surface area is 221 Å². The molecule has 4 aromatic heterocycles. The number of halogens is 2. The number of pyridine rings is 2. The van der Waals surface area contributed by atoms with E-state index in [4.69, 9.17) is 10.5 Å². The Bertz CT molecular complexity index is 1490. The van der Waals surface area contributed by atoms with Crippen LogP contribution in [-0.4, -0.2) is 43.3 Å². The van der Waals surface area contributed by atoms with Gasteiger partial charge in [0.1, 0.15) is 11.7 Å². The first-order valence-corrected chi connectivity index (χ1v) is 13.1. The number of hydrogen-bond donors (Lipinski definition) is 2. The third-order valence-electron chi connectivity index (χ3n) is 6.55. The molecule has 1 aliphatic carbocycles. The lowest BCUT2D eigenvalue weighted by atomic mass is 10.1. The number of nitrogens with two attached hydrogens (primary N) is 1. The van der Waals surface area contributed by atoms with Gasteiger partial charge in [0.25, 0.3) is 18.2 Å². The van der Waals surface area contributed by atoms with Crippen molar-refractivity contribution in [1.29, 1.82) is 0 Å². The maximum Gasteiger partial charge on any atom is 0.295 e. The molecule has 0 saturated heterocycles. The van der Waals surface area contributed by atoms with Gasteiger partial charge in [0.2, 0.25) is 5.88 Å². The van der Waals surface area contributed by atoms with Gasteiger partial charge in [-0.05, 0) is 63.3 Å². The van der Waals surface area contributed by atoms with Gasteiger partial charge in [-0.2, -0.15) is 0 Å². The highest BCUT2D eigenvalue weighted by molar-refractivity contribution is 7.15. The number of carbonyl (C=O) groups is 2. The molecule has 12 heteroatoms. The van der Waals surface area contributed by atoms with Crippen molar-refractivity contribution in [3.63, 3.8) is 0 Å². The summed E-state index contributed by atoms with van der Waals surface area (Å²) in [6.07, 6.45) is 5.14. The van der Waals surface area contributed by atoms with Crippen LogP contribution in [0.2, 0.25) is 0 Å². The zero-order valence-corrected chi connectivity index (χ0v) is 21.4. The molecule has 9 nitrogen and oxygen atoms in total. The molecular weight excluding hydrogens is 514 g/mol. The molecule has 4 heterocycles. The van der Waals surface area contributed by atoms with E-state index in [1.807, 2.05) is 6.92 Å². The molecular formula is C26H26F2N6O3S. The highest BCUT2D eigenvalue weighted by Crippen LogP contribution is 2.30. The number of carbonyl (C=O) groups excluding carboxylic acids is 2. The standard InChI is InChI=1S/C26H26F2N6O3S/c1-14-31-12-20(38-14)15-7-10-19-21(33-24(22(27)28)34(19)13-15)25(36)32-16-4-2-5-17(9-8-16)37-26-18(23(29)35)6-3-11-30-26/h3,6-7,10-13,16-17,22H,2,4-5,8-9H2,1H3,(H2,29,35)(H,32,36)/t16-,17?/m0/s1. The predicted molar refractivity (Wildman–Crippen MR) is 138 cm³/mol. The van der Waals surface area contributed by atoms with Crippen LogP contribution < -0.4 is 15.8 Å². The highest BCUT2D eigenvalue weighted by Gasteiger charge is 2.27. The molecule has 0 aliphatic heterocycles. The minimum atomic E-state index is -2.85. The molecule has 0 aromatic carbocycles. The lowest BCUT2D eigenvalue weighted by molar-refractivity contribution is 0.0925. The van der Waals surface area contributed by atoms with E-state index in [9.17, 15) is 18.4 Å². The number of nitrogens with one attached hydrogen (secondary N) is 1. The number of alkyl halides is 2. The summed E-state index contributed by atoms with van der Waals surface area (Å²) in [5, 5.41) is 3.84. The summed E-state index contributed by atoms with van der Waals surface area (Å²) in [6.45, 7) is 1.87. The second-order valence-electron chi connectivity index (χ2n) is 9.17. The first kappa shape index (κ1) is 25.7. The normalized spacial score (nSPS) is 17.9. The largest absolute Gasteiger partial charge is 0.474 e. The number of hydrogen-bond acceptors (Lipinski definition) is 7. The van der Waals surface area contributed by atoms with Gasteiger partial charge in [0.05, 0.1) is 15.4 Å². The summed E-state index contributed by atoms with van der Waals surface area (Å²) < 4.78 is 35.0. The Morgan fingerprint density at radius 3 is 2.76 bits per heavy atom. The third-order valence-corrected chi connectivity index (χ3v) is 7.51. The first-order valence-electron chi connectivity index (χ1n) is 12.3. The average Bonchev–Trinajstić information content (AvgIpc) is 3.43. The summed E-state index contributed by atoms with van der Waals surface area (Å²) in [7, 11) is 0. The number of nitrogens with zero attached hydrogens (tertiary/aromatic N) is 4. The third kappa shape index (κ3) is 5.35. The zero-order valence-electron chi connectivity index (χ0n) is 20.6. The Morgan fingerprint density at radius 1 is 1.18 bits per heavy atom. The van der Waals surface area contributed by atoms with Crippen LogP contribution in [0.1, 0.15) is 70.2 Å². The van der Waals surface area contributed by atoms with Crippen LogP contribution in [0.25, 0.3) is 16.0 Å². The summed E-state index contributed by atoms with van der Waals surface area (Å²) >= 11 is 1.46. The molecule has 38 heavy (non-hydrogen) atoms. The van der Waals surface area contributed by atoms with Crippen molar-refractivity contribution in [2.75, 3.05) is 0 Å². The van der Waals surface area contributed by atoms with Gasteiger partial charge >= 0.3 is 0 Å². The summed E-state index contributed by atoms with van der Waals surface area (Å²) in [5.41, 5.74) is 6.63. The van der Waals surface area contributed by atoms with Crippen molar-refractivity contribution in [2.24, 2.45) is 5.73 Å². The molecule has 0 spiro atoms. The fourth-order valence-corrected chi connectivity index (χ4v) is 5.45. The van der Waals surface area contributed by atoms with Gasteiger partial charge in [-0.15, -0.1) is 11.3 Å². The highest BCUT2D eigenvalue weighted by atomic mass is 32.1. The molecule has 4 aromatic rings. The van der Waals surface area contributed by atoms with E-state index in [1.165, 1.54) is 21.9 Å². The summed E-state index contributed by atoms with van der Waals surface area (Å²) in [4.78, 5) is 38.1. The lowest BCUT2D eigenvalue weighted by Gasteiger charge is -2.18. The van der Waals surface area contributed by atoms with E-state index in [0.29, 0.717) is 31.2 Å². The Hall–Kier alpha value is -3.93. The van der Waals surface area contributed by atoms with Gasteiger partial charge in [0, 0.05) is 30.2 Å². The Balaban J connectivity index is 1.30. The van der Waals surface area contributed by atoms with Crippen LogP contribution >= 0.6 is 11.3 Å². The average molecular weight is 541 g/mol. The second-order valence-corrected chi connectivity index (χ2v) is 10.4. The van der Waals surface area contributed by atoms with E-state index in [1.54, 1.807) is 36.7 Å². The Kier molecular flexibility index (Phi) is 7.32. The van der Waals surface area contributed by atoms with Gasteiger partial charge < -0.3 is 15.8 Å². The molecule has 0 radical (unpaired) electrons. The SMILES string of the molecule is Cc1ncc(-c2ccc3c(C(=O)N[C@H]4CCCC(Oc5ncccc5C(N)=O)CC4)nc(C(F)F)n3c2)s1. The van der Waals surface area contributed by atoms with Crippen LogP contribution in [0.15, 0.2) is 42.9 Å². The number of fused-ring (bicyclic) bond motifs is 1. The monoisotopic (exact) mass is 540 g/mol. The quantitative estimate of drug-likeness (QED) is 0.327. The number of primary amides is 1. The van der Waals surface area contributed by atoms with Crippen LogP contribution in [0.4, 0.5) is 8.78 Å². The first-order chi connectivity index (χ1) is 18.3. The molecule has 1 saturated carbocycles. The number of aryl methyl sites for hydroxylation is 1. The van der Waals surface area contributed by atoms with Gasteiger partial charge in [0.15, 0.2) is 11.5 Å². The summed E-state index contributed by atoms with van der Waals surface area (Å²) in [6, 6.07) is 6.42. The smallest absolute Gasteiger partial charge is 0.295 e. The number of rotatable bonds is 7. The molecule has 1 aliphatic rings. The molecule has 1 fully saturated rings. The molecule has 2 atom stereocenters. The maximum atomic E-state index is 13.9. The fraction of sp³-hybridized carbons (Fsp3) is 0.346. The predicted octanol–water partition coefficient (Wildman–Crippen LogP) is 4.71. The minimum Gasteiger partial charge on any atom is -0.474 e. The summed E-state index contributed by atoms with van der Waals surface area (Å²) in [5.74, 6) is -1.40. The van der Waals surface area contributed by atoms with E-state index in [-0.39, 0.29) is 29.3 Å². The van der Waals surface area contributed by atoms with Crippen molar-refractivity contribution in [1.82, 2.24) is 24.7 Å². The lowest BCUT2D eigenvalue weighted by Crippen LogP contribution is -2.35. The van der Waals surface area contributed by atoms with Crippen molar-refractivity contribution >= 4 is 28.7 Å². The van der Waals surface area contributed by atoms with Crippen molar-refractivity contribution in [2.45, 2.75) is 57.6 Å². The number of ether oxygens (including phenoxy) is 1. The van der Waals surface area contributed by atoms with Crippen LogP contribution in [0.5, 0.6) is 5.88 Å². The number of imidazole rings is 1. The molecule has 5 rings (SSSR count). The van der Waals surface area contributed by atoms with E-state index < -0.39 is 24.1 Å². The molecule has 1 unspecified atom stereocenters. The molecule has 198 valence electrons. The Morgan fingerprint density at radius 2 is 2.03 bits per heavy atom. The van der Waals surface area contributed by atoms with Crippen molar-refractivity contribution in [3.05, 3.63) is 64.9 Å². The number of amides is 2. The van der Waals surface area contributed by atoms with Gasteiger partial charge in [-0.1, -0.05) is 0 Å². The van der Waals surface area contributed by atoms with Crippen LogP contribution in [-0.2, 0) is 0 Å². The second kappa shape index (κ2) is 10.8. The van der Waals surface area contributed by atoms with Gasteiger partial charge in [-0.3, -0.25) is 14.0 Å². The van der Waals surface area contributed by atoms with E-state index in [2.05, 4.69) is 20.3 Å². The zero-order chi connectivity index (χ0) is 26.8. The maximum absolute atomic E-state index is 13.9. The van der Waals surface area contributed by atoms with E-state index in [0.717, 1.165) is 21.9 Å². The molecule has 3 N–H and O–H groups in total. The van der Waals surface area contributed by atoms with Crippen LogP contribution in [0, 0.1) is 6.92 Å². The molecule has 2 amide bonds. The van der Waals surface area contributed by atoms with E-state index >= 15 is 0 Å². The van der Waals surface area contributed by atoms with Crippen molar-refractivity contribution in [3.8, 4) is 16.3 Å².